The van der Waals surface area contributed by atoms with E-state index in [1.165, 1.54) is 37.5 Å². The van der Waals surface area contributed by atoms with Crippen LogP contribution < -0.4 is 10.1 Å². The number of carbonyl (C=O) groups excluding carboxylic acids is 1. The fourth-order valence-corrected chi connectivity index (χ4v) is 5.78. The summed E-state index contributed by atoms with van der Waals surface area (Å²) in [5, 5.41) is 3.48. The molecule has 1 aromatic heterocycles. The highest BCUT2D eigenvalue weighted by molar-refractivity contribution is 7.91. The average Bonchev–Trinajstić information content (AvgIpc) is 3.24. The number of nitrogens with one attached hydrogen (secondary N) is 1. The average molecular weight is 434 g/mol. The molecule has 1 amide bonds. The summed E-state index contributed by atoms with van der Waals surface area (Å²) in [7, 11) is -2.40. The molecule has 0 aliphatic carbocycles. The minimum atomic E-state index is -3.86. The molecule has 2 aromatic carbocycles. The van der Waals surface area contributed by atoms with Crippen molar-refractivity contribution in [2.45, 2.75) is 17.1 Å². The molecule has 0 spiro atoms. The Labute approximate surface area is 173 Å². The van der Waals surface area contributed by atoms with E-state index in [2.05, 4.69) is 5.32 Å². The van der Waals surface area contributed by atoms with Crippen LogP contribution in [0.4, 0.5) is 4.39 Å². The second-order valence-electron chi connectivity index (χ2n) is 6.37. The molecule has 0 bridgehead atoms. The van der Waals surface area contributed by atoms with Crippen molar-refractivity contribution in [2.75, 3.05) is 13.7 Å². The molecule has 3 rings (SSSR count). The second kappa shape index (κ2) is 8.75. The number of para-hydroxylation sites is 1. The molecule has 0 saturated heterocycles. The van der Waals surface area contributed by atoms with Crippen LogP contribution in [-0.4, -0.2) is 28.0 Å². The molecule has 152 valence electrons. The summed E-state index contributed by atoms with van der Waals surface area (Å²) in [6, 6.07) is 13.9. The number of sulfone groups is 1. The summed E-state index contributed by atoms with van der Waals surface area (Å²) >= 11 is 1.29. The molecule has 3 aromatic rings. The van der Waals surface area contributed by atoms with Crippen LogP contribution in [0.2, 0.25) is 0 Å². The number of benzene rings is 2. The molecular formula is C21H20FNO4S2. The van der Waals surface area contributed by atoms with Crippen LogP contribution in [0.5, 0.6) is 5.75 Å². The van der Waals surface area contributed by atoms with Gasteiger partial charge in [0.15, 0.2) is 9.84 Å². The van der Waals surface area contributed by atoms with Gasteiger partial charge in [-0.1, -0.05) is 18.2 Å². The normalized spacial score (nSPS) is 12.4. The molecular weight excluding hydrogens is 413 g/mol. The first-order valence-electron chi connectivity index (χ1n) is 8.79. The smallest absolute Gasteiger partial charge is 0.255 e. The Morgan fingerprint density at radius 2 is 1.93 bits per heavy atom. The van der Waals surface area contributed by atoms with E-state index in [1.54, 1.807) is 41.8 Å². The van der Waals surface area contributed by atoms with Crippen LogP contribution in [0.1, 0.15) is 26.0 Å². The van der Waals surface area contributed by atoms with Crippen LogP contribution in [0.3, 0.4) is 0 Å². The topological polar surface area (TPSA) is 72.5 Å². The molecule has 5 nitrogen and oxygen atoms in total. The van der Waals surface area contributed by atoms with Gasteiger partial charge < -0.3 is 10.1 Å². The van der Waals surface area contributed by atoms with Crippen LogP contribution in [0.15, 0.2) is 64.9 Å². The van der Waals surface area contributed by atoms with Gasteiger partial charge in [0.25, 0.3) is 5.91 Å². The molecule has 0 aliphatic rings. The van der Waals surface area contributed by atoms with Gasteiger partial charge in [-0.15, -0.1) is 11.3 Å². The Morgan fingerprint density at radius 1 is 1.17 bits per heavy atom. The molecule has 0 radical (unpaired) electrons. The lowest BCUT2D eigenvalue weighted by molar-refractivity contribution is 0.0950. The van der Waals surface area contributed by atoms with Crippen molar-refractivity contribution in [1.82, 2.24) is 5.32 Å². The van der Waals surface area contributed by atoms with E-state index in [-0.39, 0.29) is 17.0 Å². The van der Waals surface area contributed by atoms with Gasteiger partial charge in [-0.25, -0.2) is 12.8 Å². The van der Waals surface area contributed by atoms with Gasteiger partial charge in [-0.2, -0.15) is 0 Å². The predicted octanol–water partition coefficient (Wildman–Crippen LogP) is 4.15. The third-order valence-electron chi connectivity index (χ3n) is 4.49. The molecule has 1 N–H and O–H groups in total. The number of aryl methyl sites for hydroxylation is 1. The van der Waals surface area contributed by atoms with Crippen molar-refractivity contribution >= 4 is 27.1 Å². The van der Waals surface area contributed by atoms with Crippen LogP contribution >= 0.6 is 11.3 Å². The maximum Gasteiger partial charge on any atom is 0.255 e. The lowest BCUT2D eigenvalue weighted by atomic mass is 10.2. The van der Waals surface area contributed by atoms with Gasteiger partial charge >= 0.3 is 0 Å². The van der Waals surface area contributed by atoms with E-state index >= 15 is 0 Å². The van der Waals surface area contributed by atoms with Gasteiger partial charge in [-0.05, 0) is 54.3 Å². The molecule has 1 atom stereocenters. The lowest BCUT2D eigenvalue weighted by Gasteiger charge is -2.18. The largest absolute Gasteiger partial charge is 0.496 e. The lowest BCUT2D eigenvalue weighted by Crippen LogP contribution is -2.31. The number of rotatable bonds is 7. The standard InChI is InChI=1S/C21H20FNO4S2/c1-14-12-15(9-10-17(14)22)29(25,26)20(19-8-5-11-28-19)13-23-21(24)16-6-3-4-7-18(16)27-2/h3-12,20H,13H2,1-2H3,(H,23,24)/t20-/m0/s1. The zero-order valence-corrected chi connectivity index (χ0v) is 17.5. The van der Waals surface area contributed by atoms with Crippen molar-refractivity contribution in [3.63, 3.8) is 0 Å². The number of halogens is 1. The maximum absolute atomic E-state index is 13.6. The van der Waals surface area contributed by atoms with E-state index in [9.17, 15) is 17.6 Å². The summed E-state index contributed by atoms with van der Waals surface area (Å²) in [5.74, 6) is -0.509. The van der Waals surface area contributed by atoms with Gasteiger partial charge in [0, 0.05) is 11.4 Å². The number of amides is 1. The highest BCUT2D eigenvalue weighted by Gasteiger charge is 2.31. The first kappa shape index (κ1) is 21.0. The molecule has 1 heterocycles. The van der Waals surface area contributed by atoms with Crippen LogP contribution in [0.25, 0.3) is 0 Å². The zero-order chi connectivity index (χ0) is 21.0. The summed E-state index contributed by atoms with van der Waals surface area (Å²) in [6.45, 7) is 1.38. The molecule has 0 fully saturated rings. The number of ether oxygens (including phenoxy) is 1. The monoisotopic (exact) mass is 433 g/mol. The Kier molecular flexibility index (Phi) is 6.34. The van der Waals surface area contributed by atoms with Crippen LogP contribution in [-0.2, 0) is 9.84 Å². The quantitative estimate of drug-likeness (QED) is 0.568. The van der Waals surface area contributed by atoms with Gasteiger partial charge in [0.05, 0.1) is 17.6 Å². The number of methoxy groups -OCH3 is 1. The highest BCUT2D eigenvalue weighted by atomic mass is 32.2. The Bertz CT molecular complexity index is 1110. The molecule has 29 heavy (non-hydrogen) atoms. The minimum Gasteiger partial charge on any atom is -0.496 e. The van der Waals surface area contributed by atoms with Gasteiger partial charge in [0.1, 0.15) is 16.8 Å². The first-order valence-corrected chi connectivity index (χ1v) is 11.2. The maximum atomic E-state index is 13.6. The highest BCUT2D eigenvalue weighted by Crippen LogP contribution is 2.32. The molecule has 0 saturated carbocycles. The number of thiophene rings is 1. The summed E-state index contributed by atoms with van der Waals surface area (Å²) in [6.07, 6.45) is 0. The van der Waals surface area contributed by atoms with Crippen LogP contribution in [0, 0.1) is 12.7 Å². The Morgan fingerprint density at radius 3 is 2.59 bits per heavy atom. The van der Waals surface area contributed by atoms with Crippen molar-refractivity contribution in [1.29, 1.82) is 0 Å². The van der Waals surface area contributed by atoms with Crippen molar-refractivity contribution in [3.05, 3.63) is 81.8 Å². The Balaban J connectivity index is 1.90. The van der Waals surface area contributed by atoms with E-state index in [0.717, 1.165) is 6.07 Å². The van der Waals surface area contributed by atoms with Crippen molar-refractivity contribution in [2.24, 2.45) is 0 Å². The second-order valence-corrected chi connectivity index (χ2v) is 9.48. The molecule has 0 aliphatic heterocycles. The van der Waals surface area contributed by atoms with E-state index in [4.69, 9.17) is 4.74 Å². The summed E-state index contributed by atoms with van der Waals surface area (Å²) < 4.78 is 45.4. The van der Waals surface area contributed by atoms with E-state index < -0.39 is 26.8 Å². The number of hydrogen-bond donors (Lipinski definition) is 1. The molecule has 0 unspecified atom stereocenters. The van der Waals surface area contributed by atoms with Crippen molar-refractivity contribution < 1.29 is 22.3 Å². The van der Waals surface area contributed by atoms with Gasteiger partial charge in [0.2, 0.25) is 0 Å². The van der Waals surface area contributed by atoms with Crippen molar-refractivity contribution in [3.8, 4) is 5.75 Å². The first-order chi connectivity index (χ1) is 13.8. The minimum absolute atomic E-state index is 0.0151. The fraction of sp³-hybridized carbons (Fsp3) is 0.190. The SMILES string of the molecule is COc1ccccc1C(=O)NC[C@@H](c1cccs1)S(=O)(=O)c1ccc(F)c(C)c1. The summed E-state index contributed by atoms with van der Waals surface area (Å²) in [5.41, 5.74) is 0.559. The number of carbonyl (C=O) groups is 1. The third kappa shape index (κ3) is 4.49. The molecule has 8 heteroatoms. The van der Waals surface area contributed by atoms with E-state index in [0.29, 0.717) is 16.2 Å². The summed E-state index contributed by atoms with van der Waals surface area (Å²) in [4.78, 5) is 13.2. The number of hydrogen-bond acceptors (Lipinski definition) is 5. The fourth-order valence-electron chi connectivity index (χ4n) is 2.91. The zero-order valence-electron chi connectivity index (χ0n) is 15.9. The Hall–Kier alpha value is -2.71. The predicted molar refractivity (Wildman–Crippen MR) is 111 cm³/mol. The van der Waals surface area contributed by atoms with Gasteiger partial charge in [-0.3, -0.25) is 4.79 Å². The van der Waals surface area contributed by atoms with E-state index in [1.807, 2.05) is 0 Å². The third-order valence-corrected chi connectivity index (χ3v) is 7.71.